The van der Waals surface area contributed by atoms with Crippen molar-refractivity contribution >= 4 is 5.91 Å². The van der Waals surface area contributed by atoms with Crippen molar-refractivity contribution in [2.24, 2.45) is 5.41 Å². The van der Waals surface area contributed by atoms with Crippen LogP contribution in [0.4, 0.5) is 0 Å². The van der Waals surface area contributed by atoms with Gasteiger partial charge in [-0.1, -0.05) is 37.3 Å². The molecule has 0 aliphatic carbocycles. The van der Waals surface area contributed by atoms with E-state index in [0.29, 0.717) is 13.0 Å². The number of rotatable bonds is 5. The molecule has 0 radical (unpaired) electrons. The van der Waals surface area contributed by atoms with Crippen molar-refractivity contribution < 1.29 is 9.53 Å². The highest BCUT2D eigenvalue weighted by atomic mass is 16.5. The summed E-state index contributed by atoms with van der Waals surface area (Å²) in [5, 5.41) is 3.37. The van der Waals surface area contributed by atoms with Crippen LogP contribution in [0.2, 0.25) is 0 Å². The smallest absolute Gasteiger partial charge is 0.224 e. The average molecular weight is 316 g/mol. The Labute approximate surface area is 139 Å². The number of nitrogens with zero attached hydrogens (tertiary/aromatic N) is 1. The largest absolute Gasteiger partial charge is 0.378 e. The highest BCUT2D eigenvalue weighted by Gasteiger charge is 2.36. The van der Waals surface area contributed by atoms with Crippen LogP contribution in [0.3, 0.4) is 0 Å². The van der Waals surface area contributed by atoms with Crippen molar-refractivity contribution in [1.82, 2.24) is 10.2 Å². The third-order valence-electron chi connectivity index (χ3n) is 5.19. The molecule has 1 aromatic rings. The van der Waals surface area contributed by atoms with E-state index in [0.717, 1.165) is 45.5 Å². The molecule has 2 atom stereocenters. The predicted molar refractivity (Wildman–Crippen MR) is 91.3 cm³/mol. The summed E-state index contributed by atoms with van der Waals surface area (Å²) in [6.07, 6.45) is 3.91. The number of hydrogen-bond acceptors (Lipinski definition) is 3. The normalized spacial score (nSPS) is 28.0. The van der Waals surface area contributed by atoms with Crippen molar-refractivity contribution in [2.45, 2.75) is 38.6 Å². The first kappa shape index (κ1) is 16.5. The fourth-order valence-electron chi connectivity index (χ4n) is 3.62. The lowest BCUT2D eigenvalue weighted by Crippen LogP contribution is -2.45. The minimum atomic E-state index is 0.187. The fourth-order valence-corrected chi connectivity index (χ4v) is 3.62. The van der Waals surface area contributed by atoms with E-state index in [1.54, 1.807) is 0 Å². The summed E-state index contributed by atoms with van der Waals surface area (Å²) in [4.78, 5) is 14.6. The second-order valence-corrected chi connectivity index (χ2v) is 7.29. The molecule has 0 spiro atoms. The lowest BCUT2D eigenvalue weighted by molar-refractivity contribution is -0.131. The van der Waals surface area contributed by atoms with Gasteiger partial charge in [-0.15, -0.1) is 0 Å². The van der Waals surface area contributed by atoms with Crippen molar-refractivity contribution in [1.29, 1.82) is 0 Å². The van der Waals surface area contributed by atoms with E-state index in [1.165, 1.54) is 5.56 Å². The van der Waals surface area contributed by atoms with Crippen LogP contribution < -0.4 is 5.32 Å². The van der Waals surface area contributed by atoms with E-state index < -0.39 is 0 Å². The van der Waals surface area contributed by atoms with E-state index in [9.17, 15) is 4.79 Å². The Morgan fingerprint density at radius 2 is 2.22 bits per heavy atom. The number of hydrogen-bond donors (Lipinski definition) is 1. The van der Waals surface area contributed by atoms with Gasteiger partial charge in [-0.3, -0.25) is 4.79 Å². The van der Waals surface area contributed by atoms with Crippen molar-refractivity contribution in [2.75, 3.05) is 32.8 Å². The standard InChI is InChI=1S/C19H28N2O2/c1-19(8-7-16-5-3-2-4-6-16)9-11-21(15-19)18(22)13-17-14-23-12-10-20-17/h2-6,17,20H,7-15H2,1H3. The first-order chi connectivity index (χ1) is 11.1. The molecular weight excluding hydrogens is 288 g/mol. The molecule has 3 rings (SSSR count). The molecule has 2 saturated heterocycles. The maximum Gasteiger partial charge on any atom is 0.224 e. The minimum Gasteiger partial charge on any atom is -0.378 e. The summed E-state index contributed by atoms with van der Waals surface area (Å²) in [5.41, 5.74) is 1.64. The second-order valence-electron chi connectivity index (χ2n) is 7.29. The van der Waals surface area contributed by atoms with Gasteiger partial charge in [0.05, 0.1) is 13.2 Å². The van der Waals surface area contributed by atoms with Gasteiger partial charge in [0, 0.05) is 32.1 Å². The molecule has 23 heavy (non-hydrogen) atoms. The lowest BCUT2D eigenvalue weighted by atomic mass is 9.83. The molecule has 2 aliphatic heterocycles. The molecule has 0 saturated carbocycles. The summed E-state index contributed by atoms with van der Waals surface area (Å²) >= 11 is 0. The number of carbonyl (C=O) groups is 1. The average Bonchev–Trinajstić information content (AvgIpc) is 2.98. The van der Waals surface area contributed by atoms with E-state index >= 15 is 0 Å². The third-order valence-corrected chi connectivity index (χ3v) is 5.19. The Hall–Kier alpha value is -1.39. The summed E-state index contributed by atoms with van der Waals surface area (Å²) < 4.78 is 5.44. The van der Waals surface area contributed by atoms with Gasteiger partial charge in [0.15, 0.2) is 0 Å². The molecule has 1 N–H and O–H groups in total. The molecule has 2 unspecified atom stereocenters. The van der Waals surface area contributed by atoms with Crippen LogP contribution in [0, 0.1) is 5.41 Å². The van der Waals surface area contributed by atoms with E-state index in [2.05, 4.69) is 47.5 Å². The SMILES string of the molecule is CC1(CCc2ccccc2)CCN(C(=O)CC2COCCN2)C1. The van der Waals surface area contributed by atoms with Gasteiger partial charge < -0.3 is 15.0 Å². The highest BCUT2D eigenvalue weighted by Crippen LogP contribution is 2.35. The topological polar surface area (TPSA) is 41.6 Å². The van der Waals surface area contributed by atoms with Gasteiger partial charge in [0.25, 0.3) is 0 Å². The van der Waals surface area contributed by atoms with Crippen LogP contribution in [0.15, 0.2) is 30.3 Å². The highest BCUT2D eigenvalue weighted by molar-refractivity contribution is 5.77. The maximum absolute atomic E-state index is 12.5. The van der Waals surface area contributed by atoms with Gasteiger partial charge in [0.2, 0.25) is 5.91 Å². The number of amides is 1. The van der Waals surface area contributed by atoms with Crippen LogP contribution in [0.25, 0.3) is 0 Å². The fraction of sp³-hybridized carbons (Fsp3) is 0.632. The molecule has 2 fully saturated rings. The Morgan fingerprint density at radius 3 is 2.96 bits per heavy atom. The number of benzene rings is 1. The molecular formula is C19H28N2O2. The molecule has 2 aliphatic rings. The van der Waals surface area contributed by atoms with E-state index in [4.69, 9.17) is 4.74 Å². The zero-order valence-electron chi connectivity index (χ0n) is 14.1. The van der Waals surface area contributed by atoms with Crippen molar-refractivity contribution in [3.8, 4) is 0 Å². The lowest BCUT2D eigenvalue weighted by Gasteiger charge is -2.27. The predicted octanol–water partition coefficient (Wildman–Crippen LogP) is 2.24. The first-order valence-electron chi connectivity index (χ1n) is 8.77. The molecule has 1 aromatic carbocycles. The van der Waals surface area contributed by atoms with Gasteiger partial charge in [-0.25, -0.2) is 0 Å². The van der Waals surface area contributed by atoms with Crippen LogP contribution in [0.1, 0.15) is 31.7 Å². The van der Waals surface area contributed by atoms with Crippen LogP contribution in [-0.4, -0.2) is 49.7 Å². The number of likely N-dealkylation sites (tertiary alicyclic amines) is 1. The number of morpholine rings is 1. The Morgan fingerprint density at radius 1 is 1.39 bits per heavy atom. The third kappa shape index (κ3) is 4.55. The van der Waals surface area contributed by atoms with Gasteiger partial charge in [0.1, 0.15) is 0 Å². The van der Waals surface area contributed by atoms with Crippen LogP contribution in [0.5, 0.6) is 0 Å². The maximum atomic E-state index is 12.5. The van der Waals surface area contributed by atoms with Gasteiger partial charge in [-0.05, 0) is 30.2 Å². The number of aryl methyl sites for hydroxylation is 1. The van der Waals surface area contributed by atoms with Gasteiger partial charge in [-0.2, -0.15) is 0 Å². The molecule has 4 nitrogen and oxygen atoms in total. The quantitative estimate of drug-likeness (QED) is 0.906. The Bertz CT molecular complexity index is 513. The Kier molecular flexibility index (Phi) is 5.34. The molecule has 4 heteroatoms. The van der Waals surface area contributed by atoms with Crippen molar-refractivity contribution in [3.05, 3.63) is 35.9 Å². The van der Waals surface area contributed by atoms with Gasteiger partial charge >= 0.3 is 0 Å². The zero-order chi connectivity index (χ0) is 16.1. The zero-order valence-corrected chi connectivity index (χ0v) is 14.1. The molecule has 0 aromatic heterocycles. The summed E-state index contributed by atoms with van der Waals surface area (Å²) in [7, 11) is 0. The minimum absolute atomic E-state index is 0.187. The van der Waals surface area contributed by atoms with Crippen molar-refractivity contribution in [3.63, 3.8) is 0 Å². The summed E-state index contributed by atoms with van der Waals surface area (Å²) in [6.45, 7) is 6.39. The van der Waals surface area contributed by atoms with E-state index in [1.807, 2.05) is 0 Å². The molecule has 126 valence electrons. The monoisotopic (exact) mass is 316 g/mol. The Balaban J connectivity index is 1.47. The molecule has 0 bridgehead atoms. The molecule has 1 amide bonds. The first-order valence-corrected chi connectivity index (χ1v) is 8.77. The van der Waals surface area contributed by atoms with E-state index in [-0.39, 0.29) is 17.4 Å². The number of carbonyl (C=O) groups excluding carboxylic acids is 1. The summed E-state index contributed by atoms with van der Waals surface area (Å²) in [5.74, 6) is 0.274. The van der Waals surface area contributed by atoms with Crippen LogP contribution >= 0.6 is 0 Å². The number of nitrogens with one attached hydrogen (secondary N) is 1. The van der Waals surface area contributed by atoms with Crippen LogP contribution in [-0.2, 0) is 16.0 Å². The molecule has 2 heterocycles. The number of ether oxygens (including phenoxy) is 1. The second kappa shape index (κ2) is 7.45. The summed E-state index contributed by atoms with van der Waals surface area (Å²) in [6, 6.07) is 10.8.